The molecule has 0 aromatic heterocycles. The second-order valence-corrected chi connectivity index (χ2v) is 5.01. The summed E-state index contributed by atoms with van der Waals surface area (Å²) in [6.07, 6.45) is 0.259. The predicted molar refractivity (Wildman–Crippen MR) is 62.1 cm³/mol. The molecule has 0 amide bonds. The van der Waals surface area contributed by atoms with E-state index in [-0.39, 0.29) is 6.23 Å². The fourth-order valence-corrected chi connectivity index (χ4v) is 3.23. The zero-order chi connectivity index (χ0) is 11.5. The molecule has 0 saturated heterocycles. The van der Waals surface area contributed by atoms with Crippen molar-refractivity contribution in [3.05, 3.63) is 0 Å². The van der Waals surface area contributed by atoms with E-state index in [4.69, 9.17) is 4.74 Å². The van der Waals surface area contributed by atoms with Crippen LogP contribution in [0.5, 0.6) is 0 Å². The fourth-order valence-electron chi connectivity index (χ4n) is 3.23. The van der Waals surface area contributed by atoms with Gasteiger partial charge in [-0.15, -0.1) is 0 Å². The molecule has 2 nitrogen and oxygen atoms in total. The Hall–Kier alpha value is -0.0800. The molecule has 2 heteroatoms. The highest BCUT2D eigenvalue weighted by atomic mass is 16.5. The SMILES string of the molecule is COC(C)[N+](C(C)C)(C(C)C)C(C)C. The van der Waals surface area contributed by atoms with Gasteiger partial charge in [-0.3, -0.25) is 4.48 Å². The summed E-state index contributed by atoms with van der Waals surface area (Å²) in [4.78, 5) is 0. The maximum atomic E-state index is 5.57. The largest absolute Gasteiger partial charge is 0.333 e. The monoisotopic (exact) mass is 202 g/mol. The van der Waals surface area contributed by atoms with Gasteiger partial charge in [-0.05, 0) is 41.5 Å². The molecule has 0 bridgehead atoms. The fraction of sp³-hybridized carbons (Fsp3) is 1.00. The third-order valence-electron chi connectivity index (χ3n) is 3.65. The first kappa shape index (κ1) is 13.9. The molecule has 0 heterocycles. The molecule has 0 spiro atoms. The van der Waals surface area contributed by atoms with E-state index in [1.165, 1.54) is 0 Å². The van der Waals surface area contributed by atoms with E-state index in [0.29, 0.717) is 18.1 Å². The van der Waals surface area contributed by atoms with Crippen LogP contribution in [-0.2, 0) is 4.74 Å². The Morgan fingerprint density at radius 3 is 1.07 bits per heavy atom. The van der Waals surface area contributed by atoms with Crippen LogP contribution < -0.4 is 0 Å². The summed E-state index contributed by atoms with van der Waals surface area (Å²) in [5.41, 5.74) is 0. The van der Waals surface area contributed by atoms with Crippen LogP contribution >= 0.6 is 0 Å². The third kappa shape index (κ3) is 2.12. The summed E-state index contributed by atoms with van der Waals surface area (Å²) in [5, 5.41) is 0. The Morgan fingerprint density at radius 2 is 1.00 bits per heavy atom. The van der Waals surface area contributed by atoms with E-state index in [1.54, 1.807) is 0 Å². The van der Waals surface area contributed by atoms with E-state index < -0.39 is 0 Å². The Morgan fingerprint density at radius 1 is 0.714 bits per heavy atom. The van der Waals surface area contributed by atoms with Gasteiger partial charge in [-0.2, -0.15) is 0 Å². The summed E-state index contributed by atoms with van der Waals surface area (Å²) < 4.78 is 6.60. The number of ether oxygens (including phenoxy) is 1. The predicted octanol–water partition coefficient (Wildman–Crippen LogP) is 3.02. The van der Waals surface area contributed by atoms with Gasteiger partial charge >= 0.3 is 0 Å². The van der Waals surface area contributed by atoms with Crippen molar-refractivity contribution >= 4 is 0 Å². The molecule has 0 aliphatic heterocycles. The molecule has 0 aliphatic carbocycles. The second-order valence-electron chi connectivity index (χ2n) is 5.01. The van der Waals surface area contributed by atoms with Crippen molar-refractivity contribution < 1.29 is 9.22 Å². The van der Waals surface area contributed by atoms with E-state index >= 15 is 0 Å². The Bertz CT molecular complexity index is 142. The van der Waals surface area contributed by atoms with Crippen LogP contribution in [0, 0.1) is 0 Å². The number of rotatable bonds is 5. The van der Waals surface area contributed by atoms with E-state index in [0.717, 1.165) is 4.48 Å². The third-order valence-corrected chi connectivity index (χ3v) is 3.65. The summed E-state index contributed by atoms with van der Waals surface area (Å²) in [5.74, 6) is 0. The average Bonchev–Trinajstić information content (AvgIpc) is 2.02. The van der Waals surface area contributed by atoms with Gasteiger partial charge in [0.15, 0.2) is 6.23 Å². The van der Waals surface area contributed by atoms with Crippen molar-refractivity contribution in [2.24, 2.45) is 0 Å². The van der Waals surface area contributed by atoms with Crippen LogP contribution in [0.25, 0.3) is 0 Å². The van der Waals surface area contributed by atoms with Crippen LogP contribution in [-0.4, -0.2) is 35.9 Å². The number of hydrogen-bond acceptors (Lipinski definition) is 1. The minimum Gasteiger partial charge on any atom is -0.333 e. The zero-order valence-corrected chi connectivity index (χ0v) is 11.2. The van der Waals surface area contributed by atoms with Gasteiger partial charge in [0, 0.05) is 14.0 Å². The molecule has 86 valence electrons. The van der Waals surface area contributed by atoms with Crippen LogP contribution in [0.3, 0.4) is 0 Å². The molecule has 0 aromatic carbocycles. The molecule has 14 heavy (non-hydrogen) atoms. The molecule has 0 saturated carbocycles. The normalized spacial score (nSPS) is 15.6. The lowest BCUT2D eigenvalue weighted by Crippen LogP contribution is -2.66. The highest BCUT2D eigenvalue weighted by Gasteiger charge is 2.43. The van der Waals surface area contributed by atoms with Crippen LogP contribution in [0.4, 0.5) is 0 Å². The van der Waals surface area contributed by atoms with Gasteiger partial charge in [0.2, 0.25) is 0 Å². The van der Waals surface area contributed by atoms with Crippen molar-refractivity contribution in [3.63, 3.8) is 0 Å². The lowest BCUT2D eigenvalue weighted by atomic mass is 10.0. The number of methoxy groups -OCH3 is 1. The maximum Gasteiger partial charge on any atom is 0.190 e. The summed E-state index contributed by atoms with van der Waals surface area (Å²) in [6.45, 7) is 15.9. The lowest BCUT2D eigenvalue weighted by Gasteiger charge is -2.52. The van der Waals surface area contributed by atoms with Crippen molar-refractivity contribution in [1.82, 2.24) is 0 Å². The van der Waals surface area contributed by atoms with Crippen molar-refractivity contribution in [2.45, 2.75) is 72.8 Å². The molecular weight excluding hydrogens is 174 g/mol. The number of quaternary nitrogens is 1. The first-order valence-corrected chi connectivity index (χ1v) is 5.72. The molecular formula is C12H28NO+. The molecule has 0 aliphatic rings. The quantitative estimate of drug-likeness (QED) is 0.492. The molecule has 0 N–H and O–H groups in total. The van der Waals surface area contributed by atoms with Crippen molar-refractivity contribution in [3.8, 4) is 0 Å². The molecule has 0 rings (SSSR count). The van der Waals surface area contributed by atoms with Gasteiger partial charge in [0.1, 0.15) is 0 Å². The van der Waals surface area contributed by atoms with Crippen LogP contribution in [0.2, 0.25) is 0 Å². The first-order valence-electron chi connectivity index (χ1n) is 5.72. The van der Waals surface area contributed by atoms with Crippen molar-refractivity contribution in [2.75, 3.05) is 7.11 Å². The van der Waals surface area contributed by atoms with Crippen molar-refractivity contribution in [1.29, 1.82) is 0 Å². The smallest absolute Gasteiger partial charge is 0.190 e. The van der Waals surface area contributed by atoms with E-state index in [1.807, 2.05) is 7.11 Å². The minimum absolute atomic E-state index is 0.259. The first-order chi connectivity index (χ1) is 6.31. The van der Waals surface area contributed by atoms with Crippen LogP contribution in [0.1, 0.15) is 48.5 Å². The summed E-state index contributed by atoms with van der Waals surface area (Å²) in [7, 11) is 1.81. The highest BCUT2D eigenvalue weighted by molar-refractivity contribution is 4.59. The molecule has 1 atom stereocenters. The average molecular weight is 202 g/mol. The zero-order valence-electron chi connectivity index (χ0n) is 11.2. The number of hydrogen-bond donors (Lipinski definition) is 0. The van der Waals surface area contributed by atoms with Gasteiger partial charge in [0.25, 0.3) is 0 Å². The molecule has 0 fully saturated rings. The molecule has 0 radical (unpaired) electrons. The van der Waals surface area contributed by atoms with Crippen LogP contribution in [0.15, 0.2) is 0 Å². The molecule has 0 aromatic rings. The highest BCUT2D eigenvalue weighted by Crippen LogP contribution is 2.28. The van der Waals surface area contributed by atoms with Gasteiger partial charge in [0.05, 0.1) is 18.1 Å². The lowest BCUT2D eigenvalue weighted by molar-refractivity contribution is -1.02. The van der Waals surface area contributed by atoms with E-state index in [9.17, 15) is 0 Å². The maximum absolute atomic E-state index is 5.57. The van der Waals surface area contributed by atoms with Gasteiger partial charge in [-0.1, -0.05) is 0 Å². The Kier molecular flexibility index (Phi) is 5.10. The van der Waals surface area contributed by atoms with Gasteiger partial charge in [-0.25, -0.2) is 0 Å². The topological polar surface area (TPSA) is 9.23 Å². The Balaban J connectivity index is 5.16. The molecule has 1 unspecified atom stereocenters. The summed E-state index contributed by atoms with van der Waals surface area (Å²) in [6, 6.07) is 1.76. The summed E-state index contributed by atoms with van der Waals surface area (Å²) >= 11 is 0. The second kappa shape index (κ2) is 5.13. The standard InChI is InChI=1S/C12H28NO/c1-9(2)13(10(3)4,11(5)6)12(7)14-8/h9-12H,1-8H3/q+1. The number of nitrogens with zero attached hydrogens (tertiary/aromatic N) is 1. The van der Waals surface area contributed by atoms with Gasteiger partial charge < -0.3 is 4.74 Å². The minimum atomic E-state index is 0.259. The Labute approximate surface area is 89.8 Å². The van der Waals surface area contributed by atoms with E-state index in [2.05, 4.69) is 48.5 Å².